The normalized spacial score (nSPS) is 12.5. The molecule has 0 bridgehead atoms. The van der Waals surface area contributed by atoms with E-state index in [0.29, 0.717) is 17.0 Å². The second kappa shape index (κ2) is 8.99. The highest BCUT2D eigenvalue weighted by Gasteiger charge is 2.14. The number of ether oxygens (including phenoxy) is 1. The van der Waals surface area contributed by atoms with Crippen molar-refractivity contribution in [1.82, 2.24) is 5.32 Å². The van der Waals surface area contributed by atoms with Crippen LogP contribution in [0.1, 0.15) is 54.2 Å². The topological polar surface area (TPSA) is 116 Å². The van der Waals surface area contributed by atoms with Crippen molar-refractivity contribution in [2.75, 3.05) is 6.61 Å². The lowest BCUT2D eigenvalue weighted by Crippen LogP contribution is -2.31. The van der Waals surface area contributed by atoms with Crippen molar-refractivity contribution in [2.45, 2.75) is 37.6 Å². The number of esters is 1. The van der Waals surface area contributed by atoms with Gasteiger partial charge in [-0.05, 0) is 48.2 Å². The number of benzene rings is 2. The summed E-state index contributed by atoms with van der Waals surface area (Å²) in [5.74, 6) is -0.679. The minimum absolute atomic E-state index is 0.00723. The molecule has 28 heavy (non-hydrogen) atoms. The van der Waals surface area contributed by atoms with Crippen LogP contribution in [0.3, 0.4) is 0 Å². The van der Waals surface area contributed by atoms with Gasteiger partial charge in [0.15, 0.2) is 6.61 Å². The number of amides is 1. The highest BCUT2D eigenvalue weighted by atomic mass is 32.2. The molecule has 150 valence electrons. The maximum atomic E-state index is 12.0. The Morgan fingerprint density at radius 2 is 1.50 bits per heavy atom. The molecule has 0 spiro atoms. The molecule has 2 rings (SSSR count). The Morgan fingerprint density at radius 1 is 0.964 bits per heavy atom. The Kier molecular flexibility index (Phi) is 6.93. The molecule has 1 amide bonds. The predicted molar refractivity (Wildman–Crippen MR) is 105 cm³/mol. The number of primary sulfonamides is 1. The van der Waals surface area contributed by atoms with Gasteiger partial charge in [-0.1, -0.05) is 38.1 Å². The third-order valence-electron chi connectivity index (χ3n) is 4.23. The summed E-state index contributed by atoms with van der Waals surface area (Å²) in [5, 5.41) is 7.74. The Bertz CT molecular complexity index is 936. The molecule has 8 heteroatoms. The first-order valence-electron chi connectivity index (χ1n) is 8.77. The molecule has 2 aromatic carbocycles. The van der Waals surface area contributed by atoms with Crippen LogP contribution in [0.15, 0.2) is 53.4 Å². The summed E-state index contributed by atoms with van der Waals surface area (Å²) in [6.07, 6.45) is 0. The van der Waals surface area contributed by atoms with Gasteiger partial charge in [-0.25, -0.2) is 18.4 Å². The summed E-state index contributed by atoms with van der Waals surface area (Å²) in [7, 11) is -3.77. The maximum Gasteiger partial charge on any atom is 0.338 e. The number of carbonyl (C=O) groups is 2. The van der Waals surface area contributed by atoms with Crippen molar-refractivity contribution < 1.29 is 22.7 Å². The average molecular weight is 404 g/mol. The number of carbonyl (C=O) groups excluding carboxylic acids is 2. The Morgan fingerprint density at radius 3 is 2.00 bits per heavy atom. The molecule has 0 aliphatic heterocycles. The van der Waals surface area contributed by atoms with Crippen molar-refractivity contribution in [3.8, 4) is 0 Å². The van der Waals surface area contributed by atoms with Crippen LogP contribution in [-0.4, -0.2) is 26.9 Å². The quantitative estimate of drug-likeness (QED) is 0.688. The van der Waals surface area contributed by atoms with Crippen LogP contribution in [-0.2, 0) is 19.6 Å². The fourth-order valence-electron chi connectivity index (χ4n) is 2.53. The fourth-order valence-corrected chi connectivity index (χ4v) is 3.05. The molecule has 0 aromatic heterocycles. The second-order valence-electron chi connectivity index (χ2n) is 6.76. The third-order valence-corrected chi connectivity index (χ3v) is 5.16. The SMILES string of the molecule is CC(C)c1ccc(C(=O)OCC(=O)N[C@@H](C)c2ccc(S(N)(=O)=O)cc2)cc1. The monoisotopic (exact) mass is 404 g/mol. The van der Waals surface area contributed by atoms with Gasteiger partial charge in [0.2, 0.25) is 10.0 Å². The number of hydrogen-bond donors (Lipinski definition) is 2. The third kappa shape index (κ3) is 5.90. The average Bonchev–Trinajstić information content (AvgIpc) is 2.65. The minimum atomic E-state index is -3.77. The van der Waals surface area contributed by atoms with E-state index in [4.69, 9.17) is 9.88 Å². The number of hydrogen-bond acceptors (Lipinski definition) is 5. The molecule has 0 saturated heterocycles. The van der Waals surface area contributed by atoms with E-state index in [-0.39, 0.29) is 4.90 Å². The highest BCUT2D eigenvalue weighted by Crippen LogP contribution is 2.16. The fraction of sp³-hybridized carbons (Fsp3) is 0.300. The van der Waals surface area contributed by atoms with E-state index in [1.807, 2.05) is 12.1 Å². The highest BCUT2D eigenvalue weighted by molar-refractivity contribution is 7.89. The lowest BCUT2D eigenvalue weighted by molar-refractivity contribution is -0.124. The van der Waals surface area contributed by atoms with Gasteiger partial charge < -0.3 is 10.1 Å². The first-order valence-corrected chi connectivity index (χ1v) is 10.3. The van der Waals surface area contributed by atoms with E-state index < -0.39 is 34.5 Å². The van der Waals surface area contributed by atoms with Crippen LogP contribution in [0.2, 0.25) is 0 Å². The molecular weight excluding hydrogens is 380 g/mol. The van der Waals surface area contributed by atoms with Crippen LogP contribution >= 0.6 is 0 Å². The summed E-state index contributed by atoms with van der Waals surface area (Å²) in [6.45, 7) is 5.43. The van der Waals surface area contributed by atoms with Gasteiger partial charge >= 0.3 is 5.97 Å². The number of rotatable bonds is 7. The molecule has 0 saturated carbocycles. The number of nitrogens with one attached hydrogen (secondary N) is 1. The van der Waals surface area contributed by atoms with Crippen molar-refractivity contribution in [3.05, 3.63) is 65.2 Å². The van der Waals surface area contributed by atoms with Crippen LogP contribution < -0.4 is 10.5 Å². The zero-order valence-electron chi connectivity index (χ0n) is 16.0. The van der Waals surface area contributed by atoms with E-state index >= 15 is 0 Å². The predicted octanol–water partition coefficient (Wildman–Crippen LogP) is 2.49. The van der Waals surface area contributed by atoms with Gasteiger partial charge in [-0.3, -0.25) is 4.79 Å². The van der Waals surface area contributed by atoms with E-state index in [1.165, 1.54) is 12.1 Å². The first-order chi connectivity index (χ1) is 13.1. The van der Waals surface area contributed by atoms with Gasteiger partial charge in [0, 0.05) is 0 Å². The minimum Gasteiger partial charge on any atom is -0.452 e. The molecule has 0 fully saturated rings. The van der Waals surface area contributed by atoms with Crippen LogP contribution in [0, 0.1) is 0 Å². The van der Waals surface area contributed by atoms with Gasteiger partial charge in [-0.2, -0.15) is 0 Å². The van der Waals surface area contributed by atoms with E-state index in [1.54, 1.807) is 31.2 Å². The maximum absolute atomic E-state index is 12.0. The number of sulfonamides is 1. The molecule has 0 aliphatic carbocycles. The van der Waals surface area contributed by atoms with Crippen LogP contribution in [0.5, 0.6) is 0 Å². The standard InChI is InChI=1S/C20H24N2O5S/c1-13(2)15-4-6-17(7-5-15)20(24)27-12-19(23)22-14(3)16-8-10-18(11-9-16)28(21,25)26/h4-11,13-14H,12H2,1-3H3,(H,22,23)(H2,21,25,26)/t14-/m0/s1. The molecule has 0 aliphatic rings. The summed E-state index contributed by atoms with van der Waals surface area (Å²) in [5.41, 5.74) is 2.18. The van der Waals surface area contributed by atoms with Gasteiger partial charge in [0.1, 0.15) is 0 Å². The van der Waals surface area contributed by atoms with Crippen molar-refractivity contribution >= 4 is 21.9 Å². The summed E-state index contributed by atoms with van der Waals surface area (Å²) < 4.78 is 27.6. The molecule has 7 nitrogen and oxygen atoms in total. The smallest absolute Gasteiger partial charge is 0.338 e. The van der Waals surface area contributed by atoms with E-state index in [0.717, 1.165) is 5.56 Å². The largest absolute Gasteiger partial charge is 0.452 e. The Labute approximate surface area is 164 Å². The summed E-state index contributed by atoms with van der Waals surface area (Å²) in [6, 6.07) is 12.5. The van der Waals surface area contributed by atoms with Gasteiger partial charge in [0.05, 0.1) is 16.5 Å². The van der Waals surface area contributed by atoms with Crippen LogP contribution in [0.4, 0.5) is 0 Å². The Balaban J connectivity index is 1.88. The second-order valence-corrected chi connectivity index (χ2v) is 8.32. The molecule has 0 heterocycles. The molecule has 1 atom stereocenters. The molecule has 2 aromatic rings. The van der Waals surface area contributed by atoms with Crippen molar-refractivity contribution in [1.29, 1.82) is 0 Å². The van der Waals surface area contributed by atoms with Gasteiger partial charge in [-0.15, -0.1) is 0 Å². The van der Waals surface area contributed by atoms with E-state index in [9.17, 15) is 18.0 Å². The molecular formula is C20H24N2O5S. The lowest BCUT2D eigenvalue weighted by atomic mass is 10.0. The molecule has 0 radical (unpaired) electrons. The van der Waals surface area contributed by atoms with Gasteiger partial charge in [0.25, 0.3) is 5.91 Å². The summed E-state index contributed by atoms with van der Waals surface area (Å²) in [4.78, 5) is 24.1. The zero-order valence-corrected chi connectivity index (χ0v) is 16.8. The lowest BCUT2D eigenvalue weighted by Gasteiger charge is -2.15. The van der Waals surface area contributed by atoms with Crippen molar-refractivity contribution in [2.24, 2.45) is 5.14 Å². The zero-order chi connectivity index (χ0) is 20.9. The van der Waals surface area contributed by atoms with E-state index in [2.05, 4.69) is 19.2 Å². The van der Waals surface area contributed by atoms with Crippen LogP contribution in [0.25, 0.3) is 0 Å². The Hall–Kier alpha value is -2.71. The molecule has 3 N–H and O–H groups in total. The molecule has 0 unspecified atom stereocenters. The number of nitrogens with two attached hydrogens (primary N) is 1. The first kappa shape index (κ1) is 21.6. The van der Waals surface area contributed by atoms with Crippen molar-refractivity contribution in [3.63, 3.8) is 0 Å². The summed E-state index contributed by atoms with van der Waals surface area (Å²) >= 11 is 0.